The maximum absolute atomic E-state index is 9.56. The van der Waals surface area contributed by atoms with Gasteiger partial charge in [-0.3, -0.25) is 4.55 Å². The summed E-state index contributed by atoms with van der Waals surface area (Å²) in [6, 6.07) is 0. The molecule has 0 aliphatic rings. The summed E-state index contributed by atoms with van der Waals surface area (Å²) in [5.41, 5.74) is 0. The fourth-order valence-corrected chi connectivity index (χ4v) is 0. The number of carbonyl (C=O) groups is 1. The predicted octanol–water partition coefficient (Wildman–Crippen LogP) is 0.409. The Kier molecular flexibility index (Phi) is 7.05. The second-order valence-electron chi connectivity index (χ2n) is 1.62. The maximum atomic E-state index is 9.56. The summed E-state index contributed by atoms with van der Waals surface area (Å²) >= 11 is 3.40. The summed E-state index contributed by atoms with van der Waals surface area (Å²) in [6.45, 7) is 4.39. The van der Waals surface area contributed by atoms with Crippen molar-refractivity contribution in [3.63, 3.8) is 0 Å². The van der Waals surface area contributed by atoms with Crippen LogP contribution in [-0.2, 0) is 14.9 Å². The summed E-state index contributed by atoms with van der Waals surface area (Å²) in [5.74, 6) is -1.27. The Morgan fingerprint density at radius 1 is 1.58 bits per heavy atom. The number of rotatable bonds is 2. The lowest BCUT2D eigenvalue weighted by Crippen LogP contribution is -1.97. The number of thiol groups is 1. The zero-order chi connectivity index (χ0) is 10.4. The Balaban J connectivity index is 0. The smallest absolute Gasteiger partial charge is 0.341 e. The molecule has 5 nitrogen and oxygen atoms in total. The first-order valence-electron chi connectivity index (χ1n) is 2.77. The van der Waals surface area contributed by atoms with Crippen molar-refractivity contribution in [2.75, 3.05) is 5.75 Å². The van der Waals surface area contributed by atoms with Crippen LogP contribution in [0.3, 0.4) is 0 Å². The summed E-state index contributed by atoms with van der Waals surface area (Å²) in [5, 5.41) is 7.81. The van der Waals surface area contributed by atoms with Crippen LogP contribution in [0.15, 0.2) is 11.5 Å². The van der Waals surface area contributed by atoms with Crippen molar-refractivity contribution in [3.05, 3.63) is 11.5 Å². The standard InChI is InChI=1S/C3H4O2S.C2H6O3S/c1-2(6)3(4)5;1-2-6(3,4)5/h6H,1H2,(H,4,5);2H2,1H3,(H,3,4,5). The van der Waals surface area contributed by atoms with Crippen LogP contribution in [0, 0.1) is 0 Å². The first-order valence-corrected chi connectivity index (χ1v) is 4.82. The van der Waals surface area contributed by atoms with Gasteiger partial charge in [-0.05, 0) is 6.92 Å². The Morgan fingerprint density at radius 2 is 1.75 bits per heavy atom. The molecule has 0 bridgehead atoms. The normalized spacial score (nSPS) is 9.58. The fraction of sp³-hybridized carbons (Fsp3) is 0.400. The van der Waals surface area contributed by atoms with Gasteiger partial charge in [0.15, 0.2) is 0 Å². The molecule has 0 spiro atoms. The quantitative estimate of drug-likeness (QED) is 0.352. The predicted molar refractivity (Wildman–Crippen MR) is 47.9 cm³/mol. The van der Waals surface area contributed by atoms with Gasteiger partial charge in [-0.1, -0.05) is 6.58 Å². The number of hydrogen-bond acceptors (Lipinski definition) is 4. The van der Waals surface area contributed by atoms with Crippen LogP contribution in [-0.4, -0.2) is 29.8 Å². The lowest BCUT2D eigenvalue weighted by Gasteiger charge is -1.79. The first kappa shape index (κ1) is 14.0. The average Bonchev–Trinajstić information content (AvgIpc) is 1.87. The molecule has 0 atom stereocenters. The van der Waals surface area contributed by atoms with E-state index in [0.29, 0.717) is 0 Å². The molecule has 0 aliphatic carbocycles. The number of aliphatic carboxylic acids is 1. The molecular weight excluding hydrogens is 204 g/mol. The zero-order valence-electron chi connectivity index (χ0n) is 6.39. The summed E-state index contributed by atoms with van der Waals surface area (Å²) in [4.78, 5) is 9.39. The van der Waals surface area contributed by atoms with E-state index < -0.39 is 16.1 Å². The van der Waals surface area contributed by atoms with Gasteiger partial charge in [0.05, 0.1) is 10.7 Å². The van der Waals surface area contributed by atoms with Crippen LogP contribution in [0.1, 0.15) is 6.92 Å². The van der Waals surface area contributed by atoms with E-state index in [2.05, 4.69) is 19.2 Å². The molecule has 72 valence electrons. The molecule has 0 radical (unpaired) electrons. The van der Waals surface area contributed by atoms with Crippen LogP contribution in [0.5, 0.6) is 0 Å². The van der Waals surface area contributed by atoms with Crippen molar-refractivity contribution in [1.82, 2.24) is 0 Å². The van der Waals surface area contributed by atoms with Gasteiger partial charge in [0.1, 0.15) is 0 Å². The molecule has 0 fully saturated rings. The van der Waals surface area contributed by atoms with Crippen LogP contribution in [0.4, 0.5) is 0 Å². The Labute approximate surface area is 76.3 Å². The van der Waals surface area contributed by atoms with E-state index in [4.69, 9.17) is 9.66 Å². The largest absolute Gasteiger partial charge is 0.477 e. The molecular formula is C5H10O5S2. The van der Waals surface area contributed by atoms with Crippen molar-refractivity contribution in [3.8, 4) is 0 Å². The molecule has 0 rings (SSSR count). The van der Waals surface area contributed by atoms with E-state index in [9.17, 15) is 13.2 Å². The number of carboxylic acids is 1. The van der Waals surface area contributed by atoms with Gasteiger partial charge in [-0.15, -0.1) is 12.6 Å². The van der Waals surface area contributed by atoms with Gasteiger partial charge in [-0.25, -0.2) is 4.79 Å². The third-order valence-corrected chi connectivity index (χ3v) is 1.53. The van der Waals surface area contributed by atoms with Gasteiger partial charge in [-0.2, -0.15) is 8.42 Å². The second kappa shape index (κ2) is 6.04. The van der Waals surface area contributed by atoms with Crippen molar-refractivity contribution >= 4 is 28.7 Å². The van der Waals surface area contributed by atoms with Crippen molar-refractivity contribution in [1.29, 1.82) is 0 Å². The third-order valence-electron chi connectivity index (χ3n) is 0.612. The lowest BCUT2D eigenvalue weighted by molar-refractivity contribution is -0.131. The third kappa shape index (κ3) is 16.2. The molecule has 2 N–H and O–H groups in total. The molecule has 0 aliphatic heterocycles. The van der Waals surface area contributed by atoms with E-state index in [1.54, 1.807) is 0 Å². The summed E-state index contributed by atoms with van der Waals surface area (Å²) in [7, 11) is -3.66. The minimum atomic E-state index is -3.66. The molecule has 0 unspecified atom stereocenters. The Hall–Kier alpha value is -0.530. The van der Waals surface area contributed by atoms with Gasteiger partial charge >= 0.3 is 5.97 Å². The van der Waals surface area contributed by atoms with Crippen LogP contribution < -0.4 is 0 Å². The lowest BCUT2D eigenvalue weighted by atomic mass is 10.7. The first-order chi connectivity index (χ1) is 5.20. The highest BCUT2D eigenvalue weighted by Crippen LogP contribution is 1.91. The van der Waals surface area contributed by atoms with Gasteiger partial charge in [0.25, 0.3) is 10.1 Å². The van der Waals surface area contributed by atoms with E-state index in [1.807, 2.05) is 0 Å². The van der Waals surface area contributed by atoms with Gasteiger partial charge < -0.3 is 5.11 Å². The molecule has 0 aromatic carbocycles. The van der Waals surface area contributed by atoms with E-state index in [-0.39, 0.29) is 10.7 Å². The molecule has 0 heterocycles. The number of hydrogen-bond donors (Lipinski definition) is 3. The molecule has 7 heteroatoms. The highest BCUT2D eigenvalue weighted by molar-refractivity contribution is 7.85. The molecule has 0 saturated heterocycles. The van der Waals surface area contributed by atoms with E-state index in [0.717, 1.165) is 0 Å². The minimum Gasteiger partial charge on any atom is -0.477 e. The van der Waals surface area contributed by atoms with E-state index in [1.165, 1.54) is 6.92 Å². The molecule has 0 amide bonds. The van der Waals surface area contributed by atoms with E-state index >= 15 is 0 Å². The van der Waals surface area contributed by atoms with Gasteiger partial charge in [0.2, 0.25) is 0 Å². The van der Waals surface area contributed by atoms with Crippen LogP contribution in [0.25, 0.3) is 0 Å². The van der Waals surface area contributed by atoms with Gasteiger partial charge in [0, 0.05) is 0 Å². The van der Waals surface area contributed by atoms with Crippen molar-refractivity contribution < 1.29 is 22.9 Å². The van der Waals surface area contributed by atoms with Crippen molar-refractivity contribution in [2.24, 2.45) is 0 Å². The summed E-state index contributed by atoms with van der Waals surface area (Å²) in [6.07, 6.45) is 0. The molecule has 0 aromatic rings. The second-order valence-corrected chi connectivity index (χ2v) is 3.90. The zero-order valence-corrected chi connectivity index (χ0v) is 8.10. The minimum absolute atomic E-state index is 0.130. The fourth-order valence-electron chi connectivity index (χ4n) is 0. The molecule has 12 heavy (non-hydrogen) atoms. The molecule has 0 saturated carbocycles. The topological polar surface area (TPSA) is 91.7 Å². The SMILES string of the molecule is C=C(S)C(=O)O.CCS(=O)(=O)O. The monoisotopic (exact) mass is 214 g/mol. The van der Waals surface area contributed by atoms with Crippen LogP contribution in [0.2, 0.25) is 0 Å². The maximum Gasteiger partial charge on any atom is 0.341 e. The Morgan fingerprint density at radius 3 is 1.75 bits per heavy atom. The number of carboxylic acid groups (broad SMARTS) is 1. The average molecular weight is 214 g/mol. The Bertz CT molecular complexity index is 241. The van der Waals surface area contributed by atoms with Crippen LogP contribution >= 0.6 is 12.6 Å². The summed E-state index contributed by atoms with van der Waals surface area (Å²) < 4.78 is 26.9. The highest BCUT2D eigenvalue weighted by Gasteiger charge is 1.93. The molecule has 0 aromatic heterocycles. The highest BCUT2D eigenvalue weighted by atomic mass is 32.2. The van der Waals surface area contributed by atoms with Crippen molar-refractivity contribution in [2.45, 2.75) is 6.92 Å².